The van der Waals surface area contributed by atoms with E-state index < -0.39 is 45.8 Å². The standard InChI is InChI=1S/C35H38FN3O5S/c1-35(2,3)37-34(41)32(22-26-12-7-5-8-13-26)38(24-27-18-20-28(36)21-19-27)33(40)25-39(29-14-11-15-30(23-29)44-4)45(42,43)31-16-9-6-10-17-31/h5-21,23,32H,22,24-25H2,1-4H3,(H,37,41)/t32-/m1/s1. The highest BCUT2D eigenvalue weighted by Crippen LogP contribution is 2.28. The molecule has 0 unspecified atom stereocenters. The predicted octanol–water partition coefficient (Wildman–Crippen LogP) is 5.58. The fourth-order valence-electron chi connectivity index (χ4n) is 4.81. The molecule has 45 heavy (non-hydrogen) atoms. The number of nitrogens with one attached hydrogen (secondary N) is 1. The molecule has 0 fully saturated rings. The van der Waals surface area contributed by atoms with Gasteiger partial charge in [0.1, 0.15) is 24.2 Å². The number of ether oxygens (including phenoxy) is 1. The first-order valence-corrected chi connectivity index (χ1v) is 15.9. The summed E-state index contributed by atoms with van der Waals surface area (Å²) in [7, 11) is -2.77. The van der Waals surface area contributed by atoms with Crippen LogP contribution >= 0.6 is 0 Å². The van der Waals surface area contributed by atoms with Crippen LogP contribution in [0.4, 0.5) is 10.1 Å². The molecule has 0 aliphatic heterocycles. The van der Waals surface area contributed by atoms with Gasteiger partial charge in [-0.25, -0.2) is 12.8 Å². The minimum absolute atomic E-state index is 0.00276. The Kier molecular flexibility index (Phi) is 10.6. The Hall–Kier alpha value is -4.70. The second kappa shape index (κ2) is 14.4. The van der Waals surface area contributed by atoms with Crippen molar-refractivity contribution in [3.63, 3.8) is 0 Å². The van der Waals surface area contributed by atoms with E-state index in [0.717, 1.165) is 9.87 Å². The maximum atomic E-state index is 14.5. The highest BCUT2D eigenvalue weighted by molar-refractivity contribution is 7.92. The van der Waals surface area contributed by atoms with Crippen molar-refractivity contribution in [2.24, 2.45) is 0 Å². The van der Waals surface area contributed by atoms with Gasteiger partial charge in [-0.05, 0) is 68.3 Å². The zero-order valence-electron chi connectivity index (χ0n) is 25.8. The van der Waals surface area contributed by atoms with Crippen molar-refractivity contribution in [3.8, 4) is 5.75 Å². The molecule has 236 valence electrons. The van der Waals surface area contributed by atoms with Gasteiger partial charge in [-0.3, -0.25) is 13.9 Å². The second-order valence-electron chi connectivity index (χ2n) is 11.6. The number of sulfonamides is 1. The van der Waals surface area contributed by atoms with E-state index in [-0.39, 0.29) is 23.5 Å². The monoisotopic (exact) mass is 631 g/mol. The molecule has 0 aliphatic carbocycles. The van der Waals surface area contributed by atoms with Crippen LogP contribution < -0.4 is 14.4 Å². The molecule has 10 heteroatoms. The molecule has 4 aromatic carbocycles. The minimum atomic E-state index is -4.24. The van der Waals surface area contributed by atoms with Crippen molar-refractivity contribution in [1.82, 2.24) is 10.2 Å². The molecule has 0 spiro atoms. The maximum Gasteiger partial charge on any atom is 0.264 e. The number of nitrogens with zero attached hydrogens (tertiary/aromatic N) is 2. The number of rotatable bonds is 12. The van der Waals surface area contributed by atoms with Crippen LogP contribution in [0.25, 0.3) is 0 Å². The molecular formula is C35H38FN3O5S. The van der Waals surface area contributed by atoms with Gasteiger partial charge in [-0.15, -0.1) is 0 Å². The van der Waals surface area contributed by atoms with Crippen LogP contribution in [-0.4, -0.2) is 50.4 Å². The molecule has 0 bridgehead atoms. The summed E-state index contributed by atoms with van der Waals surface area (Å²) in [6.07, 6.45) is 0.167. The van der Waals surface area contributed by atoms with Crippen LogP contribution in [0.3, 0.4) is 0 Å². The summed E-state index contributed by atoms with van der Waals surface area (Å²) in [6, 6.07) is 28.1. The molecule has 0 aliphatic rings. The Balaban J connectivity index is 1.82. The van der Waals surface area contributed by atoms with Crippen LogP contribution in [0.1, 0.15) is 31.9 Å². The van der Waals surface area contributed by atoms with Crippen molar-refractivity contribution in [2.75, 3.05) is 18.0 Å². The van der Waals surface area contributed by atoms with Gasteiger partial charge < -0.3 is 15.0 Å². The summed E-state index contributed by atoms with van der Waals surface area (Å²) >= 11 is 0. The summed E-state index contributed by atoms with van der Waals surface area (Å²) in [4.78, 5) is 29.7. The summed E-state index contributed by atoms with van der Waals surface area (Å²) < 4.78 is 48.3. The Morgan fingerprint density at radius 1 is 0.844 bits per heavy atom. The first-order chi connectivity index (χ1) is 21.4. The smallest absolute Gasteiger partial charge is 0.264 e. The van der Waals surface area contributed by atoms with E-state index in [2.05, 4.69) is 5.32 Å². The van der Waals surface area contributed by atoms with E-state index >= 15 is 0 Å². The SMILES string of the molecule is COc1cccc(N(CC(=O)N(Cc2ccc(F)cc2)[C@H](Cc2ccccc2)C(=O)NC(C)(C)C)S(=O)(=O)c2ccccc2)c1. The predicted molar refractivity (Wildman–Crippen MR) is 173 cm³/mol. The molecule has 1 N–H and O–H groups in total. The highest BCUT2D eigenvalue weighted by atomic mass is 32.2. The lowest BCUT2D eigenvalue weighted by atomic mass is 10.0. The lowest BCUT2D eigenvalue weighted by Crippen LogP contribution is -2.56. The zero-order valence-corrected chi connectivity index (χ0v) is 26.6. The number of amides is 2. The Morgan fingerprint density at radius 3 is 2.07 bits per heavy atom. The van der Waals surface area contributed by atoms with Crippen LogP contribution in [-0.2, 0) is 32.6 Å². The fourth-order valence-corrected chi connectivity index (χ4v) is 6.23. The number of methoxy groups -OCH3 is 1. The molecule has 0 radical (unpaired) electrons. The van der Waals surface area contributed by atoms with Crippen LogP contribution in [0.15, 0.2) is 114 Å². The van der Waals surface area contributed by atoms with E-state index in [1.807, 2.05) is 51.1 Å². The number of hydrogen-bond acceptors (Lipinski definition) is 5. The molecule has 1 atom stereocenters. The third-order valence-electron chi connectivity index (χ3n) is 6.99. The van der Waals surface area contributed by atoms with E-state index in [1.54, 1.807) is 36.4 Å². The van der Waals surface area contributed by atoms with E-state index in [0.29, 0.717) is 11.3 Å². The largest absolute Gasteiger partial charge is 0.497 e. The third kappa shape index (κ3) is 8.92. The van der Waals surface area contributed by atoms with Gasteiger partial charge in [-0.2, -0.15) is 0 Å². The van der Waals surface area contributed by atoms with Gasteiger partial charge in [0.05, 0.1) is 17.7 Å². The third-order valence-corrected chi connectivity index (χ3v) is 8.77. The van der Waals surface area contributed by atoms with Gasteiger partial charge >= 0.3 is 0 Å². The molecule has 8 nitrogen and oxygen atoms in total. The van der Waals surface area contributed by atoms with Gasteiger partial charge in [0, 0.05) is 24.6 Å². The molecule has 0 heterocycles. The van der Waals surface area contributed by atoms with Gasteiger partial charge in [0.25, 0.3) is 10.0 Å². The molecule has 0 aromatic heterocycles. The van der Waals surface area contributed by atoms with Crippen molar-refractivity contribution < 1.29 is 27.1 Å². The van der Waals surface area contributed by atoms with Crippen LogP contribution in [0.2, 0.25) is 0 Å². The Morgan fingerprint density at radius 2 is 1.47 bits per heavy atom. The number of anilines is 1. The van der Waals surface area contributed by atoms with Gasteiger partial charge in [0.2, 0.25) is 11.8 Å². The maximum absolute atomic E-state index is 14.5. The van der Waals surface area contributed by atoms with E-state index in [4.69, 9.17) is 4.74 Å². The van der Waals surface area contributed by atoms with Crippen molar-refractivity contribution in [3.05, 3.63) is 126 Å². The molecule has 0 saturated heterocycles. The Labute approximate surface area is 264 Å². The lowest BCUT2D eigenvalue weighted by Gasteiger charge is -2.35. The van der Waals surface area contributed by atoms with E-state index in [9.17, 15) is 22.4 Å². The average Bonchev–Trinajstić information content (AvgIpc) is 3.02. The molecular weight excluding hydrogens is 593 g/mol. The second-order valence-corrected chi connectivity index (χ2v) is 13.5. The molecule has 4 aromatic rings. The van der Waals surface area contributed by atoms with Gasteiger partial charge in [0.15, 0.2) is 0 Å². The number of carbonyl (C=O) groups excluding carboxylic acids is 2. The van der Waals surface area contributed by atoms with Crippen LogP contribution in [0.5, 0.6) is 5.75 Å². The molecule has 0 saturated carbocycles. The first kappa shape index (κ1) is 33.2. The quantitative estimate of drug-likeness (QED) is 0.220. The normalized spacial score (nSPS) is 12.2. The first-order valence-electron chi connectivity index (χ1n) is 14.5. The summed E-state index contributed by atoms with van der Waals surface area (Å²) in [5, 5.41) is 2.98. The summed E-state index contributed by atoms with van der Waals surface area (Å²) in [5.41, 5.74) is 0.988. The Bertz CT molecular complexity index is 1690. The van der Waals surface area contributed by atoms with Crippen molar-refractivity contribution >= 4 is 27.5 Å². The highest BCUT2D eigenvalue weighted by Gasteiger charge is 2.35. The summed E-state index contributed by atoms with van der Waals surface area (Å²) in [5.74, 6) is -1.06. The van der Waals surface area contributed by atoms with Crippen molar-refractivity contribution in [1.29, 1.82) is 0 Å². The zero-order chi connectivity index (χ0) is 32.6. The minimum Gasteiger partial charge on any atom is -0.497 e. The fraction of sp³-hybridized carbons (Fsp3) is 0.257. The molecule has 2 amide bonds. The number of halogens is 1. The molecule has 4 rings (SSSR count). The van der Waals surface area contributed by atoms with Crippen molar-refractivity contribution in [2.45, 2.75) is 50.2 Å². The lowest BCUT2D eigenvalue weighted by molar-refractivity contribution is -0.140. The number of benzene rings is 4. The number of carbonyl (C=O) groups is 2. The van der Waals surface area contributed by atoms with Crippen LogP contribution in [0, 0.1) is 5.82 Å². The van der Waals surface area contributed by atoms with Gasteiger partial charge in [-0.1, -0.05) is 66.7 Å². The number of hydrogen-bond donors (Lipinski definition) is 1. The van der Waals surface area contributed by atoms with E-state index in [1.165, 1.54) is 54.5 Å². The topological polar surface area (TPSA) is 96.0 Å². The average molecular weight is 632 g/mol. The summed E-state index contributed by atoms with van der Waals surface area (Å²) in [6.45, 7) is 4.85.